The van der Waals surface area contributed by atoms with Crippen LogP contribution >= 0.6 is 46.4 Å². The summed E-state index contributed by atoms with van der Waals surface area (Å²) < 4.78 is 36.7. The van der Waals surface area contributed by atoms with E-state index in [2.05, 4.69) is 5.10 Å². The van der Waals surface area contributed by atoms with Crippen molar-refractivity contribution in [2.75, 3.05) is 7.11 Å². The van der Waals surface area contributed by atoms with Gasteiger partial charge < -0.3 is 14.0 Å². The summed E-state index contributed by atoms with van der Waals surface area (Å²) in [5.74, 6) is -1.78. The number of carboxylic acids is 1. The molecule has 4 rings (SSSR count). The third-order valence-electron chi connectivity index (χ3n) is 5.55. The molecule has 0 aliphatic heterocycles. The van der Waals surface area contributed by atoms with Crippen LogP contribution in [0.15, 0.2) is 59.5 Å². The van der Waals surface area contributed by atoms with E-state index in [4.69, 9.17) is 60.4 Å². The summed E-state index contributed by atoms with van der Waals surface area (Å²) in [6.45, 7) is 3.43. The molecule has 216 valence electrons. The number of methoxy groups -OCH3 is 1. The zero-order valence-electron chi connectivity index (χ0n) is 21.9. The SMILES string of the molecule is COc1c(Cl)ccc(Cl)c1C(=O)O.Cc1ccc(S(=O)(=O)Oc2c(C(=O)c3ccc(Cl)cc3Cl)c(C)nn2C)cc1. The van der Waals surface area contributed by atoms with E-state index >= 15 is 0 Å². The molecule has 1 heterocycles. The second kappa shape index (κ2) is 13.1. The number of aromatic carboxylic acids is 1. The number of nitrogens with zero attached hydrogens (tertiary/aromatic N) is 2. The third-order valence-corrected chi connectivity index (χ3v) is 7.93. The standard InChI is InChI=1S/C19H16Cl2N2O4S.C8H6Cl2O3/c1-11-4-7-14(8-5-11)28(25,26)27-19-17(12(2)22-23(19)3)18(24)15-9-6-13(20)10-16(15)21;1-13-7-5(10)3-2-4(9)6(7)8(11)12/h4-10H,1-3H3;2-3H,1H3,(H,11,12). The number of carbonyl (C=O) groups excluding carboxylic acids is 1. The fourth-order valence-electron chi connectivity index (χ4n) is 3.59. The van der Waals surface area contributed by atoms with E-state index in [1.807, 2.05) is 6.92 Å². The summed E-state index contributed by atoms with van der Waals surface area (Å²) in [4.78, 5) is 23.7. The van der Waals surface area contributed by atoms with Gasteiger partial charge in [0.05, 0.1) is 27.9 Å². The molecule has 0 radical (unpaired) electrons. The summed E-state index contributed by atoms with van der Waals surface area (Å²) >= 11 is 23.4. The molecule has 4 aromatic rings. The number of carboxylic acid groups (broad SMARTS) is 1. The molecule has 9 nitrogen and oxygen atoms in total. The predicted molar refractivity (Wildman–Crippen MR) is 157 cm³/mol. The van der Waals surface area contributed by atoms with E-state index in [0.29, 0.717) is 10.7 Å². The normalized spacial score (nSPS) is 10.9. The molecule has 0 saturated carbocycles. The maximum atomic E-state index is 13.0. The Hall–Kier alpha value is -3.28. The fourth-order valence-corrected chi connectivity index (χ4v) is 5.51. The smallest absolute Gasteiger partial charge is 0.341 e. The minimum atomic E-state index is -4.16. The van der Waals surface area contributed by atoms with Gasteiger partial charge in [-0.05, 0) is 56.3 Å². The van der Waals surface area contributed by atoms with Crippen molar-refractivity contribution in [3.8, 4) is 11.6 Å². The van der Waals surface area contributed by atoms with Crippen LogP contribution in [-0.4, -0.2) is 42.2 Å². The van der Waals surface area contributed by atoms with Crippen molar-refractivity contribution in [3.05, 3.63) is 103 Å². The lowest BCUT2D eigenvalue weighted by molar-refractivity contribution is 0.0693. The highest BCUT2D eigenvalue weighted by molar-refractivity contribution is 7.87. The Balaban J connectivity index is 0.000000298. The predicted octanol–water partition coefficient (Wildman–Crippen LogP) is 7.04. The maximum Gasteiger partial charge on any atom is 0.341 e. The van der Waals surface area contributed by atoms with Crippen molar-refractivity contribution >= 4 is 68.3 Å². The van der Waals surface area contributed by atoms with E-state index in [0.717, 1.165) is 5.56 Å². The average molecular weight is 660 g/mol. The average Bonchev–Trinajstić information content (AvgIpc) is 3.16. The summed E-state index contributed by atoms with van der Waals surface area (Å²) in [5, 5.41) is 13.8. The monoisotopic (exact) mass is 658 g/mol. The number of ketones is 1. The molecule has 0 saturated heterocycles. The number of hydrogen-bond acceptors (Lipinski definition) is 7. The molecule has 0 spiro atoms. The molecule has 14 heteroatoms. The highest BCUT2D eigenvalue weighted by atomic mass is 35.5. The van der Waals surface area contributed by atoms with E-state index < -0.39 is 21.9 Å². The highest BCUT2D eigenvalue weighted by Gasteiger charge is 2.29. The molecule has 41 heavy (non-hydrogen) atoms. The number of ether oxygens (including phenoxy) is 1. The minimum absolute atomic E-state index is 0.0161. The Labute approximate surface area is 256 Å². The number of carbonyl (C=O) groups is 2. The fraction of sp³-hybridized carbons (Fsp3) is 0.148. The molecule has 0 unspecified atom stereocenters. The van der Waals surface area contributed by atoms with Gasteiger partial charge >= 0.3 is 16.1 Å². The minimum Gasteiger partial charge on any atom is -0.494 e. The van der Waals surface area contributed by atoms with E-state index in [-0.39, 0.29) is 48.3 Å². The van der Waals surface area contributed by atoms with Crippen LogP contribution in [0.3, 0.4) is 0 Å². The van der Waals surface area contributed by atoms with Gasteiger partial charge in [-0.3, -0.25) is 4.79 Å². The molecule has 0 aliphatic carbocycles. The molecular weight excluding hydrogens is 638 g/mol. The zero-order chi connectivity index (χ0) is 30.6. The lowest BCUT2D eigenvalue weighted by Gasteiger charge is -2.10. The van der Waals surface area contributed by atoms with Crippen LogP contribution in [0.2, 0.25) is 20.1 Å². The number of halogens is 4. The van der Waals surface area contributed by atoms with Gasteiger partial charge in [0.1, 0.15) is 16.0 Å². The molecule has 1 N–H and O–H groups in total. The van der Waals surface area contributed by atoms with Crippen LogP contribution in [-0.2, 0) is 17.2 Å². The number of rotatable bonds is 7. The van der Waals surface area contributed by atoms with Gasteiger partial charge in [-0.25, -0.2) is 9.48 Å². The Bertz CT molecular complexity index is 1740. The highest BCUT2D eigenvalue weighted by Crippen LogP contribution is 2.34. The van der Waals surface area contributed by atoms with Gasteiger partial charge in [-0.15, -0.1) is 0 Å². The van der Waals surface area contributed by atoms with E-state index in [1.165, 1.54) is 61.3 Å². The molecule has 0 amide bonds. The summed E-state index contributed by atoms with van der Waals surface area (Å²) in [6.07, 6.45) is 0. The molecule has 0 aliphatic rings. The summed E-state index contributed by atoms with van der Waals surface area (Å²) in [7, 11) is -1.33. The van der Waals surface area contributed by atoms with Crippen LogP contribution < -0.4 is 8.92 Å². The van der Waals surface area contributed by atoms with Gasteiger partial charge in [0.25, 0.3) is 0 Å². The van der Waals surface area contributed by atoms with Crippen LogP contribution in [0.25, 0.3) is 0 Å². The van der Waals surface area contributed by atoms with Crippen molar-refractivity contribution in [2.45, 2.75) is 18.7 Å². The quantitative estimate of drug-likeness (QED) is 0.165. The molecule has 1 aromatic heterocycles. The Morgan fingerprint density at radius 1 is 0.878 bits per heavy atom. The van der Waals surface area contributed by atoms with Crippen LogP contribution in [0.5, 0.6) is 11.6 Å². The number of benzene rings is 3. The van der Waals surface area contributed by atoms with Crippen LogP contribution in [0.1, 0.15) is 37.5 Å². The maximum absolute atomic E-state index is 13.0. The third kappa shape index (κ3) is 7.33. The van der Waals surface area contributed by atoms with Crippen molar-refractivity contribution in [2.24, 2.45) is 7.05 Å². The Kier molecular flexibility index (Phi) is 10.3. The first-order valence-electron chi connectivity index (χ1n) is 11.5. The topological polar surface area (TPSA) is 125 Å². The lowest BCUT2D eigenvalue weighted by Crippen LogP contribution is -2.15. The lowest BCUT2D eigenvalue weighted by atomic mass is 10.0. The molecule has 3 aromatic carbocycles. The van der Waals surface area contributed by atoms with Crippen LogP contribution in [0, 0.1) is 13.8 Å². The molecule has 0 fully saturated rings. The van der Waals surface area contributed by atoms with Crippen molar-refractivity contribution in [1.29, 1.82) is 0 Å². The summed E-state index contributed by atoms with van der Waals surface area (Å²) in [5.41, 5.74) is 1.29. The zero-order valence-corrected chi connectivity index (χ0v) is 25.7. The van der Waals surface area contributed by atoms with E-state index in [1.54, 1.807) is 19.1 Å². The number of hydrogen-bond donors (Lipinski definition) is 1. The van der Waals surface area contributed by atoms with Gasteiger partial charge in [0, 0.05) is 17.6 Å². The number of aryl methyl sites for hydroxylation is 3. The Morgan fingerprint density at radius 2 is 1.49 bits per heavy atom. The van der Waals surface area contributed by atoms with Gasteiger partial charge in [0.15, 0.2) is 5.75 Å². The van der Waals surface area contributed by atoms with Gasteiger partial charge in [-0.1, -0.05) is 64.1 Å². The van der Waals surface area contributed by atoms with Crippen LogP contribution in [0.4, 0.5) is 0 Å². The van der Waals surface area contributed by atoms with Gasteiger partial charge in [-0.2, -0.15) is 13.5 Å². The van der Waals surface area contributed by atoms with Crippen molar-refractivity contribution < 1.29 is 32.0 Å². The van der Waals surface area contributed by atoms with E-state index in [9.17, 15) is 18.0 Å². The first-order chi connectivity index (χ1) is 19.2. The number of aromatic nitrogens is 2. The molecule has 0 atom stereocenters. The van der Waals surface area contributed by atoms with Gasteiger partial charge in [0.2, 0.25) is 11.7 Å². The molecular formula is C27H22Cl4N2O7S. The second-order valence-corrected chi connectivity index (χ2v) is 11.6. The van der Waals surface area contributed by atoms with Crippen molar-refractivity contribution in [3.63, 3.8) is 0 Å². The largest absolute Gasteiger partial charge is 0.494 e. The second-order valence-electron chi connectivity index (χ2n) is 8.44. The first-order valence-corrected chi connectivity index (χ1v) is 14.4. The summed E-state index contributed by atoms with van der Waals surface area (Å²) in [6, 6.07) is 13.5. The first kappa shape index (κ1) is 32.2. The van der Waals surface area contributed by atoms with Crippen molar-refractivity contribution in [1.82, 2.24) is 9.78 Å². The Morgan fingerprint density at radius 3 is 2.02 bits per heavy atom. The molecule has 0 bridgehead atoms.